The molecule has 5 heteroatoms. The molecule has 0 saturated heterocycles. The van der Waals surface area contributed by atoms with Gasteiger partial charge in [0.15, 0.2) is 5.78 Å². The lowest BCUT2D eigenvalue weighted by Gasteiger charge is -2.01. The summed E-state index contributed by atoms with van der Waals surface area (Å²) >= 11 is 4.77. The van der Waals surface area contributed by atoms with E-state index in [-0.39, 0.29) is 5.78 Å². The Hall–Kier alpha value is -2.60. The minimum atomic E-state index is 0.130. The van der Waals surface area contributed by atoms with Crippen molar-refractivity contribution in [3.05, 3.63) is 112 Å². The number of hydrogen-bond acceptors (Lipinski definition) is 4. The summed E-state index contributed by atoms with van der Waals surface area (Å²) in [5.41, 5.74) is 6.58. The number of benzene rings is 3. The lowest BCUT2D eigenvalue weighted by molar-refractivity contribution is 0.102. The predicted octanol–water partition coefficient (Wildman–Crippen LogP) is 7.41. The van der Waals surface area contributed by atoms with Gasteiger partial charge in [-0.05, 0) is 19.4 Å². The van der Waals surface area contributed by atoms with E-state index in [0.717, 1.165) is 21.8 Å². The summed E-state index contributed by atoms with van der Waals surface area (Å²) in [6, 6.07) is 26.2. The Morgan fingerprint density at radius 1 is 0.875 bits per heavy atom. The van der Waals surface area contributed by atoms with Gasteiger partial charge in [-0.3, -0.25) is 4.79 Å². The number of carbonyl (C=O) groups excluding carboxylic acids is 1. The molecule has 32 heavy (non-hydrogen) atoms. The van der Waals surface area contributed by atoms with E-state index in [4.69, 9.17) is 4.74 Å². The molecule has 0 spiro atoms. The average molecular weight is 508 g/mol. The normalized spacial score (nSPS) is 10.3. The molecule has 1 aromatic heterocycles. The van der Waals surface area contributed by atoms with Crippen LogP contribution in [0.2, 0.25) is 0 Å². The van der Waals surface area contributed by atoms with E-state index in [9.17, 15) is 4.79 Å². The molecule has 4 aromatic rings. The molecule has 0 bridgehead atoms. The van der Waals surface area contributed by atoms with Gasteiger partial charge < -0.3 is 4.74 Å². The number of alkyl halides is 1. The fourth-order valence-corrected chi connectivity index (χ4v) is 3.94. The molecule has 0 saturated carbocycles. The number of aromatic nitrogens is 1. The molecule has 0 amide bonds. The molecule has 1 heterocycles. The Balaban J connectivity index is 0.000000222. The van der Waals surface area contributed by atoms with Gasteiger partial charge in [0.05, 0.1) is 24.2 Å². The summed E-state index contributed by atoms with van der Waals surface area (Å²) in [5.74, 6) is 0.130. The van der Waals surface area contributed by atoms with Gasteiger partial charge in [0.1, 0.15) is 5.01 Å². The van der Waals surface area contributed by atoms with Crippen LogP contribution in [0.5, 0.6) is 0 Å². The third-order valence-electron chi connectivity index (χ3n) is 4.73. The number of halogens is 1. The highest BCUT2D eigenvalue weighted by Gasteiger charge is 2.05. The maximum atomic E-state index is 11.1. The van der Waals surface area contributed by atoms with Crippen LogP contribution in [0.15, 0.2) is 84.2 Å². The summed E-state index contributed by atoms with van der Waals surface area (Å²) in [6.07, 6.45) is 0. The topological polar surface area (TPSA) is 39.2 Å². The number of rotatable bonds is 7. The van der Waals surface area contributed by atoms with Gasteiger partial charge in [-0.15, -0.1) is 11.3 Å². The van der Waals surface area contributed by atoms with Crippen molar-refractivity contribution in [1.82, 2.24) is 4.98 Å². The number of hydrogen-bond donors (Lipinski definition) is 0. The zero-order chi connectivity index (χ0) is 22.8. The van der Waals surface area contributed by atoms with E-state index >= 15 is 0 Å². The molecule has 3 aromatic carbocycles. The van der Waals surface area contributed by atoms with Crippen LogP contribution in [0.1, 0.15) is 32.1 Å². The van der Waals surface area contributed by atoms with Crippen molar-refractivity contribution in [3.8, 4) is 11.3 Å². The molecule has 0 N–H and O–H groups in total. The standard InChI is InChI=1S/C18H17NOS.C9H9BrO/c1-14-7-9-16(10-8-14)17-13-21-18(19-17)12-20-11-15-5-3-2-4-6-15;1-7-2-4-8(5-3-7)9(11)6-10/h2-10,13H,11-12H2,1H3;2-5H,6H2,1H3. The van der Waals surface area contributed by atoms with Crippen molar-refractivity contribution in [3.63, 3.8) is 0 Å². The van der Waals surface area contributed by atoms with E-state index in [1.807, 2.05) is 49.4 Å². The van der Waals surface area contributed by atoms with Crippen molar-refractivity contribution < 1.29 is 9.53 Å². The van der Waals surface area contributed by atoms with Crippen LogP contribution in [0.25, 0.3) is 11.3 Å². The summed E-state index contributed by atoms with van der Waals surface area (Å²) in [5, 5.41) is 3.50. The number of Topliss-reactive ketones (excluding diaryl/α,β-unsaturated/α-hetero) is 1. The zero-order valence-corrected chi connectivity index (χ0v) is 20.7. The largest absolute Gasteiger partial charge is 0.370 e. The van der Waals surface area contributed by atoms with Crippen LogP contribution in [-0.2, 0) is 18.0 Å². The highest BCUT2D eigenvalue weighted by Crippen LogP contribution is 2.22. The second kappa shape index (κ2) is 12.4. The molecule has 3 nitrogen and oxygen atoms in total. The Labute approximate surface area is 202 Å². The lowest BCUT2D eigenvalue weighted by Crippen LogP contribution is -1.98. The van der Waals surface area contributed by atoms with Crippen molar-refractivity contribution in [2.45, 2.75) is 27.1 Å². The zero-order valence-electron chi connectivity index (χ0n) is 18.3. The van der Waals surface area contributed by atoms with E-state index in [1.54, 1.807) is 11.3 Å². The van der Waals surface area contributed by atoms with Gasteiger partial charge in [-0.2, -0.15) is 0 Å². The third-order valence-corrected chi connectivity index (χ3v) is 6.06. The molecule has 164 valence electrons. The summed E-state index contributed by atoms with van der Waals surface area (Å²) < 4.78 is 5.72. The first kappa shape index (κ1) is 24.1. The summed E-state index contributed by atoms with van der Waals surface area (Å²) in [6.45, 7) is 5.28. The number of ketones is 1. The monoisotopic (exact) mass is 507 g/mol. The van der Waals surface area contributed by atoms with Crippen molar-refractivity contribution in [2.75, 3.05) is 5.33 Å². The van der Waals surface area contributed by atoms with Crippen molar-refractivity contribution in [1.29, 1.82) is 0 Å². The van der Waals surface area contributed by atoms with Gasteiger partial charge in [0.25, 0.3) is 0 Å². The number of ether oxygens (including phenoxy) is 1. The first-order valence-electron chi connectivity index (χ1n) is 10.3. The quantitative estimate of drug-likeness (QED) is 0.193. The number of thiazole rings is 1. The minimum absolute atomic E-state index is 0.130. The van der Waals surface area contributed by atoms with E-state index in [1.165, 1.54) is 16.7 Å². The molecule has 4 rings (SSSR count). The van der Waals surface area contributed by atoms with Crippen LogP contribution in [0, 0.1) is 13.8 Å². The number of aryl methyl sites for hydroxylation is 2. The Bertz CT molecular complexity index is 1110. The molecule has 0 aliphatic rings. The number of nitrogens with zero attached hydrogens (tertiary/aromatic N) is 1. The molecule has 0 fully saturated rings. The second-order valence-corrected chi connectivity index (χ2v) is 8.90. The molecular formula is C27H26BrNO2S. The maximum Gasteiger partial charge on any atom is 0.173 e. The molecule has 0 unspecified atom stereocenters. The van der Waals surface area contributed by atoms with Gasteiger partial charge in [-0.1, -0.05) is 106 Å². The van der Waals surface area contributed by atoms with Gasteiger partial charge in [-0.25, -0.2) is 4.98 Å². The van der Waals surface area contributed by atoms with Crippen LogP contribution in [-0.4, -0.2) is 16.1 Å². The molecular weight excluding hydrogens is 482 g/mol. The van der Waals surface area contributed by atoms with Gasteiger partial charge >= 0.3 is 0 Å². The highest BCUT2D eigenvalue weighted by atomic mass is 79.9. The molecule has 0 radical (unpaired) electrons. The first-order valence-corrected chi connectivity index (χ1v) is 12.3. The minimum Gasteiger partial charge on any atom is -0.370 e. The summed E-state index contributed by atoms with van der Waals surface area (Å²) in [7, 11) is 0. The highest BCUT2D eigenvalue weighted by molar-refractivity contribution is 9.09. The van der Waals surface area contributed by atoms with Gasteiger partial charge in [0, 0.05) is 16.5 Å². The fourth-order valence-electron chi connectivity index (χ4n) is 2.88. The van der Waals surface area contributed by atoms with Crippen LogP contribution in [0.3, 0.4) is 0 Å². The summed E-state index contributed by atoms with van der Waals surface area (Å²) in [4.78, 5) is 15.7. The number of carbonyl (C=O) groups is 1. The fraction of sp³-hybridized carbons (Fsp3) is 0.185. The Morgan fingerprint density at radius 3 is 2.12 bits per heavy atom. The molecule has 0 aliphatic carbocycles. The van der Waals surface area contributed by atoms with Crippen LogP contribution >= 0.6 is 27.3 Å². The van der Waals surface area contributed by atoms with Gasteiger partial charge in [0.2, 0.25) is 0 Å². The van der Waals surface area contributed by atoms with E-state index in [0.29, 0.717) is 18.5 Å². The maximum absolute atomic E-state index is 11.1. The van der Waals surface area contributed by atoms with Crippen molar-refractivity contribution in [2.24, 2.45) is 0 Å². The van der Waals surface area contributed by atoms with E-state index in [2.05, 4.69) is 69.6 Å². The van der Waals surface area contributed by atoms with Crippen molar-refractivity contribution >= 4 is 33.0 Å². The van der Waals surface area contributed by atoms with E-state index < -0.39 is 0 Å². The average Bonchev–Trinajstić information content (AvgIpc) is 3.29. The second-order valence-electron chi connectivity index (χ2n) is 7.39. The molecule has 0 aliphatic heterocycles. The SMILES string of the molecule is Cc1ccc(-c2csc(COCc3ccccc3)n2)cc1.Cc1ccc(C(=O)CBr)cc1. The first-order chi connectivity index (χ1) is 15.5. The van der Waals surface area contributed by atoms with Crippen LogP contribution < -0.4 is 0 Å². The third kappa shape index (κ3) is 7.52. The lowest BCUT2D eigenvalue weighted by atomic mass is 10.1. The smallest absolute Gasteiger partial charge is 0.173 e. The predicted molar refractivity (Wildman–Crippen MR) is 137 cm³/mol. The molecule has 0 atom stereocenters. The Kier molecular flexibility index (Phi) is 9.35. The van der Waals surface area contributed by atoms with Crippen LogP contribution in [0.4, 0.5) is 0 Å². The Morgan fingerprint density at radius 2 is 1.50 bits per heavy atom.